The maximum absolute atomic E-state index is 4.45. The number of likely N-dealkylation sites (N-methyl/N-ethyl adjacent to an activating group) is 1. The summed E-state index contributed by atoms with van der Waals surface area (Å²) in [7, 11) is 2.25. The Morgan fingerprint density at radius 1 is 1.40 bits per heavy atom. The predicted octanol–water partition coefficient (Wildman–Crippen LogP) is 0.840. The Morgan fingerprint density at radius 3 is 3.15 bits per heavy atom. The van der Waals surface area contributed by atoms with Gasteiger partial charge in [0, 0.05) is 38.1 Å². The summed E-state index contributed by atoms with van der Waals surface area (Å²) in [5, 5.41) is 3.66. The van der Waals surface area contributed by atoms with Crippen LogP contribution in [-0.2, 0) is 13.0 Å². The van der Waals surface area contributed by atoms with E-state index in [0.29, 0.717) is 12.1 Å². The van der Waals surface area contributed by atoms with Gasteiger partial charge in [-0.1, -0.05) is 6.92 Å². The Labute approximate surface area is 121 Å². The third-order valence-corrected chi connectivity index (χ3v) is 4.76. The summed E-state index contributed by atoms with van der Waals surface area (Å²) in [6.07, 6.45) is 5.41. The summed E-state index contributed by atoms with van der Waals surface area (Å²) in [5.74, 6) is 0. The van der Waals surface area contributed by atoms with E-state index in [1.54, 1.807) is 0 Å². The van der Waals surface area contributed by atoms with Gasteiger partial charge in [-0.25, -0.2) is 4.98 Å². The third kappa shape index (κ3) is 3.05. The summed E-state index contributed by atoms with van der Waals surface area (Å²) in [6, 6.07) is 1.24. The average Bonchev–Trinajstić information content (AvgIpc) is 2.83. The van der Waals surface area contributed by atoms with E-state index in [9.17, 15) is 0 Å². The first-order chi connectivity index (χ1) is 9.76. The van der Waals surface area contributed by atoms with E-state index in [0.717, 1.165) is 19.5 Å². The van der Waals surface area contributed by atoms with Crippen molar-refractivity contribution in [3.8, 4) is 0 Å². The van der Waals surface area contributed by atoms with Crippen LogP contribution < -0.4 is 5.32 Å². The van der Waals surface area contributed by atoms with Gasteiger partial charge >= 0.3 is 0 Å². The molecule has 2 aliphatic rings. The summed E-state index contributed by atoms with van der Waals surface area (Å²) in [5.41, 5.74) is 2.53. The maximum atomic E-state index is 4.45. The normalized spacial score (nSPS) is 29.1. The summed E-state index contributed by atoms with van der Waals surface area (Å²) in [6.45, 7) is 8.07. The molecule has 3 heterocycles. The second-order valence-electron chi connectivity index (χ2n) is 6.28. The molecule has 0 bridgehead atoms. The predicted molar refractivity (Wildman–Crippen MR) is 80.7 cm³/mol. The number of fused-ring (bicyclic) bond motifs is 1. The highest BCUT2D eigenvalue weighted by atomic mass is 15.2. The van der Waals surface area contributed by atoms with Crippen molar-refractivity contribution in [3.05, 3.63) is 17.7 Å². The van der Waals surface area contributed by atoms with Gasteiger partial charge in [-0.15, -0.1) is 0 Å². The van der Waals surface area contributed by atoms with Crippen LogP contribution >= 0.6 is 0 Å². The standard InChI is InChI=1S/C15H27N5/c1-3-13-10-19(2)5-4-6-20(13)9-12-7-14-15(8-16-12)18-11-17-14/h11-13,16H,3-10H2,1-2H3,(H,17,18). The van der Waals surface area contributed by atoms with Crippen LogP contribution in [0, 0.1) is 0 Å². The lowest BCUT2D eigenvalue weighted by molar-refractivity contribution is 0.163. The molecule has 2 atom stereocenters. The second kappa shape index (κ2) is 6.24. The van der Waals surface area contributed by atoms with Crippen molar-refractivity contribution in [1.82, 2.24) is 25.1 Å². The number of imidazole rings is 1. The van der Waals surface area contributed by atoms with Crippen LogP contribution in [0.25, 0.3) is 0 Å². The Balaban J connectivity index is 1.62. The third-order valence-electron chi connectivity index (χ3n) is 4.76. The fourth-order valence-corrected chi connectivity index (χ4v) is 3.56. The molecule has 0 aliphatic carbocycles. The van der Waals surface area contributed by atoms with Crippen molar-refractivity contribution in [2.75, 3.05) is 33.2 Å². The van der Waals surface area contributed by atoms with Gasteiger partial charge in [-0.05, 0) is 33.0 Å². The minimum absolute atomic E-state index is 0.545. The molecule has 1 aromatic rings. The molecule has 0 radical (unpaired) electrons. The number of nitrogens with zero attached hydrogens (tertiary/aromatic N) is 3. The maximum Gasteiger partial charge on any atom is 0.0925 e. The van der Waals surface area contributed by atoms with E-state index in [4.69, 9.17) is 0 Å². The quantitative estimate of drug-likeness (QED) is 0.859. The summed E-state index contributed by atoms with van der Waals surface area (Å²) in [4.78, 5) is 12.8. The fraction of sp³-hybridized carbons (Fsp3) is 0.800. The lowest BCUT2D eigenvalue weighted by Crippen LogP contribution is -2.49. The zero-order chi connectivity index (χ0) is 13.9. The number of aromatic nitrogens is 2. The second-order valence-corrected chi connectivity index (χ2v) is 6.28. The molecular weight excluding hydrogens is 250 g/mol. The molecule has 112 valence electrons. The van der Waals surface area contributed by atoms with Gasteiger partial charge in [0.05, 0.1) is 17.7 Å². The van der Waals surface area contributed by atoms with Crippen LogP contribution in [-0.4, -0.2) is 65.1 Å². The average molecular weight is 277 g/mol. The molecule has 0 amide bonds. The highest BCUT2D eigenvalue weighted by Crippen LogP contribution is 2.17. The van der Waals surface area contributed by atoms with Gasteiger partial charge < -0.3 is 15.2 Å². The number of H-pyrrole nitrogens is 1. The lowest BCUT2D eigenvalue weighted by Gasteiger charge is -2.34. The van der Waals surface area contributed by atoms with Gasteiger partial charge in [-0.2, -0.15) is 0 Å². The molecule has 3 rings (SSSR count). The number of hydrogen-bond donors (Lipinski definition) is 2. The molecule has 0 saturated carbocycles. The van der Waals surface area contributed by atoms with Gasteiger partial charge in [0.2, 0.25) is 0 Å². The topological polar surface area (TPSA) is 47.2 Å². The van der Waals surface area contributed by atoms with Crippen LogP contribution in [0.3, 0.4) is 0 Å². The van der Waals surface area contributed by atoms with Gasteiger partial charge in [0.25, 0.3) is 0 Å². The first-order valence-electron chi connectivity index (χ1n) is 7.93. The number of aromatic amines is 1. The first kappa shape index (κ1) is 14.0. The van der Waals surface area contributed by atoms with Gasteiger partial charge in [-0.3, -0.25) is 4.90 Å². The zero-order valence-corrected chi connectivity index (χ0v) is 12.7. The van der Waals surface area contributed by atoms with Crippen molar-refractivity contribution < 1.29 is 0 Å². The SMILES string of the molecule is CCC1CN(C)CCCN1CC1Cc2nc[nH]c2CN1. The Hall–Kier alpha value is -0.910. The highest BCUT2D eigenvalue weighted by molar-refractivity contribution is 5.16. The molecule has 5 heteroatoms. The highest BCUT2D eigenvalue weighted by Gasteiger charge is 2.27. The van der Waals surface area contributed by atoms with Crippen molar-refractivity contribution in [2.24, 2.45) is 0 Å². The van der Waals surface area contributed by atoms with Crippen LogP contribution in [0.1, 0.15) is 31.2 Å². The van der Waals surface area contributed by atoms with Crippen molar-refractivity contribution in [2.45, 2.75) is 44.8 Å². The molecular formula is C15H27N5. The Morgan fingerprint density at radius 2 is 2.30 bits per heavy atom. The van der Waals surface area contributed by atoms with Gasteiger partial charge in [0.15, 0.2) is 0 Å². The van der Waals surface area contributed by atoms with E-state index in [1.165, 1.54) is 43.9 Å². The Kier molecular flexibility index (Phi) is 4.38. The van der Waals surface area contributed by atoms with Crippen LogP contribution in [0.5, 0.6) is 0 Å². The van der Waals surface area contributed by atoms with Crippen molar-refractivity contribution in [1.29, 1.82) is 0 Å². The molecule has 2 unspecified atom stereocenters. The Bertz CT molecular complexity index is 430. The van der Waals surface area contributed by atoms with Crippen LogP contribution in [0.15, 0.2) is 6.33 Å². The number of hydrogen-bond acceptors (Lipinski definition) is 4. The number of rotatable bonds is 3. The lowest BCUT2D eigenvalue weighted by atomic mass is 10.0. The monoisotopic (exact) mass is 277 g/mol. The minimum atomic E-state index is 0.545. The van der Waals surface area contributed by atoms with Crippen LogP contribution in [0.2, 0.25) is 0 Å². The van der Waals surface area contributed by atoms with Gasteiger partial charge in [0.1, 0.15) is 0 Å². The molecule has 1 saturated heterocycles. The molecule has 5 nitrogen and oxygen atoms in total. The first-order valence-corrected chi connectivity index (χ1v) is 7.93. The molecule has 20 heavy (non-hydrogen) atoms. The van der Waals surface area contributed by atoms with E-state index >= 15 is 0 Å². The van der Waals surface area contributed by atoms with E-state index in [1.807, 2.05) is 6.33 Å². The molecule has 1 fully saturated rings. The van der Waals surface area contributed by atoms with Crippen LogP contribution in [0.4, 0.5) is 0 Å². The van der Waals surface area contributed by atoms with E-state index in [2.05, 4.69) is 39.1 Å². The molecule has 1 aromatic heterocycles. The molecule has 2 aliphatic heterocycles. The van der Waals surface area contributed by atoms with Crippen molar-refractivity contribution in [3.63, 3.8) is 0 Å². The molecule has 0 aromatic carbocycles. The smallest absolute Gasteiger partial charge is 0.0925 e. The zero-order valence-electron chi connectivity index (χ0n) is 12.7. The summed E-state index contributed by atoms with van der Waals surface area (Å²) < 4.78 is 0. The number of nitrogens with one attached hydrogen (secondary N) is 2. The molecule has 2 N–H and O–H groups in total. The van der Waals surface area contributed by atoms with E-state index < -0.39 is 0 Å². The minimum Gasteiger partial charge on any atom is -0.347 e. The largest absolute Gasteiger partial charge is 0.347 e. The van der Waals surface area contributed by atoms with E-state index in [-0.39, 0.29) is 0 Å². The summed E-state index contributed by atoms with van der Waals surface area (Å²) >= 11 is 0. The van der Waals surface area contributed by atoms with Crippen molar-refractivity contribution >= 4 is 0 Å². The molecule has 0 spiro atoms. The fourth-order valence-electron chi connectivity index (χ4n) is 3.56.